The zero-order chi connectivity index (χ0) is 15.5. The third-order valence-electron chi connectivity index (χ3n) is 3.26. The summed E-state index contributed by atoms with van der Waals surface area (Å²) in [5, 5.41) is 9.95. The van der Waals surface area contributed by atoms with Gasteiger partial charge in [0.1, 0.15) is 5.76 Å². The molecule has 1 atom stereocenters. The summed E-state index contributed by atoms with van der Waals surface area (Å²) in [4.78, 5) is 13.7. The molecule has 0 saturated carbocycles. The second kappa shape index (κ2) is 6.41. The van der Waals surface area contributed by atoms with Crippen molar-refractivity contribution in [3.05, 3.63) is 23.2 Å². The Balaban J connectivity index is 2.96. The molecule has 0 aliphatic rings. The Labute approximate surface area is 120 Å². The number of carbonyl (C=O) groups is 1. The van der Waals surface area contributed by atoms with E-state index >= 15 is 0 Å². The largest absolute Gasteiger partial charge is 0.463 e. The van der Waals surface area contributed by atoms with Gasteiger partial charge in [-0.1, -0.05) is 6.92 Å². The molecule has 5 nitrogen and oxygen atoms in total. The molecule has 0 amide bonds. The highest BCUT2D eigenvalue weighted by atomic mass is 16.5. The number of methoxy groups -OCH3 is 1. The molecule has 0 aromatic carbocycles. The van der Waals surface area contributed by atoms with E-state index in [1.165, 1.54) is 7.11 Å². The molecular formula is C15H25NO4. The van der Waals surface area contributed by atoms with Crippen LogP contribution in [0.25, 0.3) is 0 Å². The summed E-state index contributed by atoms with van der Waals surface area (Å²) in [6.45, 7) is 10.7. The molecule has 0 radical (unpaired) electrons. The number of aliphatic hydroxyl groups is 1. The number of esters is 1. The van der Waals surface area contributed by atoms with Crippen LogP contribution in [-0.4, -0.2) is 41.8 Å². The van der Waals surface area contributed by atoms with Crippen molar-refractivity contribution in [2.45, 2.75) is 46.3 Å². The van der Waals surface area contributed by atoms with Gasteiger partial charge >= 0.3 is 5.97 Å². The Bertz CT molecular complexity index is 459. The van der Waals surface area contributed by atoms with Crippen molar-refractivity contribution >= 4 is 5.97 Å². The number of aryl methyl sites for hydroxylation is 1. The molecule has 0 bridgehead atoms. The fourth-order valence-electron chi connectivity index (χ4n) is 2.21. The van der Waals surface area contributed by atoms with Crippen LogP contribution in [0.4, 0.5) is 0 Å². The van der Waals surface area contributed by atoms with Crippen LogP contribution in [0.1, 0.15) is 55.6 Å². The molecule has 0 aliphatic carbocycles. The lowest BCUT2D eigenvalue weighted by Gasteiger charge is -2.31. The van der Waals surface area contributed by atoms with Gasteiger partial charge in [0, 0.05) is 12.1 Å². The maximum Gasteiger partial charge on any atom is 0.374 e. The van der Waals surface area contributed by atoms with E-state index in [2.05, 4.69) is 4.90 Å². The Kier molecular flexibility index (Phi) is 5.36. The molecule has 0 fully saturated rings. The van der Waals surface area contributed by atoms with Crippen LogP contribution in [0, 0.1) is 6.92 Å². The summed E-state index contributed by atoms with van der Waals surface area (Å²) in [6, 6.07) is 1.83. The van der Waals surface area contributed by atoms with E-state index in [4.69, 9.17) is 9.15 Å². The van der Waals surface area contributed by atoms with Gasteiger partial charge in [0.15, 0.2) is 0 Å². The van der Waals surface area contributed by atoms with E-state index in [-0.39, 0.29) is 11.8 Å². The third-order valence-corrected chi connectivity index (χ3v) is 3.26. The highest BCUT2D eigenvalue weighted by Gasteiger charge is 2.26. The number of nitrogens with zero attached hydrogens (tertiary/aromatic N) is 1. The Morgan fingerprint density at radius 1 is 1.55 bits per heavy atom. The predicted molar refractivity (Wildman–Crippen MR) is 76.7 cm³/mol. The van der Waals surface area contributed by atoms with Gasteiger partial charge in [-0.05, 0) is 40.3 Å². The molecule has 1 aromatic heterocycles. The molecular weight excluding hydrogens is 258 g/mol. The quantitative estimate of drug-likeness (QED) is 0.813. The van der Waals surface area contributed by atoms with E-state index in [0.717, 1.165) is 12.1 Å². The summed E-state index contributed by atoms with van der Waals surface area (Å²) in [5.41, 5.74) is -0.0186. The van der Waals surface area contributed by atoms with E-state index < -0.39 is 11.6 Å². The monoisotopic (exact) mass is 283 g/mol. The van der Waals surface area contributed by atoms with Gasteiger partial charge in [-0.2, -0.15) is 0 Å². The minimum absolute atomic E-state index is 0.0245. The molecule has 0 aliphatic heterocycles. The summed E-state index contributed by atoms with van der Waals surface area (Å²) in [6.07, 6.45) is 0. The first kappa shape index (κ1) is 16.7. The number of hydrogen-bond donors (Lipinski definition) is 1. The molecule has 114 valence electrons. The van der Waals surface area contributed by atoms with Gasteiger partial charge in [0.05, 0.1) is 18.8 Å². The van der Waals surface area contributed by atoms with Crippen molar-refractivity contribution in [1.82, 2.24) is 4.90 Å². The summed E-state index contributed by atoms with van der Waals surface area (Å²) < 4.78 is 10.3. The van der Waals surface area contributed by atoms with Crippen molar-refractivity contribution in [2.24, 2.45) is 0 Å². The van der Waals surface area contributed by atoms with Crippen LogP contribution in [0.3, 0.4) is 0 Å². The van der Waals surface area contributed by atoms with Crippen LogP contribution >= 0.6 is 0 Å². The highest BCUT2D eigenvalue weighted by molar-refractivity contribution is 5.87. The number of carbonyl (C=O) groups excluding carboxylic acids is 1. The average molecular weight is 283 g/mol. The normalized spacial score (nSPS) is 13.6. The first-order valence-electron chi connectivity index (χ1n) is 6.84. The summed E-state index contributed by atoms with van der Waals surface area (Å²) in [5.74, 6) is 0.481. The predicted octanol–water partition coefficient (Wildman–Crippen LogP) is 2.53. The highest BCUT2D eigenvalue weighted by Crippen LogP contribution is 2.26. The van der Waals surface area contributed by atoms with Gasteiger partial charge in [-0.25, -0.2) is 4.79 Å². The zero-order valence-corrected chi connectivity index (χ0v) is 13.2. The van der Waals surface area contributed by atoms with Gasteiger partial charge in [-0.3, -0.25) is 4.90 Å². The average Bonchev–Trinajstić information content (AvgIpc) is 2.75. The van der Waals surface area contributed by atoms with Crippen LogP contribution in [0.5, 0.6) is 0 Å². The molecule has 1 heterocycles. The second-order valence-corrected chi connectivity index (χ2v) is 5.70. The topological polar surface area (TPSA) is 62.9 Å². The minimum Gasteiger partial charge on any atom is -0.463 e. The maximum absolute atomic E-state index is 11.6. The van der Waals surface area contributed by atoms with Gasteiger partial charge < -0.3 is 14.3 Å². The third kappa shape index (κ3) is 4.08. The van der Waals surface area contributed by atoms with Crippen LogP contribution in [-0.2, 0) is 4.74 Å². The number of hydrogen-bond acceptors (Lipinski definition) is 5. The first-order chi connectivity index (χ1) is 9.19. The first-order valence-corrected chi connectivity index (χ1v) is 6.84. The van der Waals surface area contributed by atoms with Crippen molar-refractivity contribution in [3.63, 3.8) is 0 Å². The molecule has 5 heteroatoms. The van der Waals surface area contributed by atoms with Crippen LogP contribution in [0.15, 0.2) is 10.5 Å². The number of furan rings is 1. The SMILES string of the molecule is CCN(CC(C)(C)O)C(C)c1cc(C)c(C(=O)OC)o1. The van der Waals surface area contributed by atoms with Crippen LogP contribution in [0.2, 0.25) is 0 Å². The van der Waals surface area contributed by atoms with E-state index in [0.29, 0.717) is 12.3 Å². The van der Waals surface area contributed by atoms with Crippen molar-refractivity contribution < 1.29 is 19.1 Å². The Hall–Kier alpha value is -1.33. The lowest BCUT2D eigenvalue weighted by atomic mass is 10.1. The van der Waals surface area contributed by atoms with Gasteiger partial charge in [-0.15, -0.1) is 0 Å². The van der Waals surface area contributed by atoms with Gasteiger partial charge in [0.25, 0.3) is 0 Å². The summed E-state index contributed by atoms with van der Waals surface area (Å²) >= 11 is 0. The van der Waals surface area contributed by atoms with E-state index in [9.17, 15) is 9.90 Å². The van der Waals surface area contributed by atoms with E-state index in [1.54, 1.807) is 13.8 Å². The summed E-state index contributed by atoms with van der Waals surface area (Å²) in [7, 11) is 1.33. The smallest absolute Gasteiger partial charge is 0.374 e. The molecule has 1 rings (SSSR count). The number of ether oxygens (including phenoxy) is 1. The molecule has 1 aromatic rings. The Morgan fingerprint density at radius 2 is 2.15 bits per heavy atom. The molecule has 0 saturated heterocycles. The van der Waals surface area contributed by atoms with Crippen molar-refractivity contribution in [3.8, 4) is 0 Å². The van der Waals surface area contributed by atoms with E-state index in [1.807, 2.05) is 26.8 Å². The van der Waals surface area contributed by atoms with Crippen molar-refractivity contribution in [2.75, 3.05) is 20.2 Å². The van der Waals surface area contributed by atoms with Crippen molar-refractivity contribution in [1.29, 1.82) is 0 Å². The lowest BCUT2D eigenvalue weighted by molar-refractivity contribution is 0.0212. The number of rotatable bonds is 6. The Morgan fingerprint density at radius 3 is 2.60 bits per heavy atom. The molecule has 1 N–H and O–H groups in total. The standard InChI is InChI=1S/C15H25NO4/c1-7-16(9-15(4,5)18)11(3)12-8-10(2)13(20-12)14(17)19-6/h8,11,18H,7,9H2,1-6H3. The zero-order valence-electron chi connectivity index (χ0n) is 13.2. The molecule has 1 unspecified atom stereocenters. The number of likely N-dealkylation sites (N-methyl/N-ethyl adjacent to an activating group) is 1. The fraction of sp³-hybridized carbons (Fsp3) is 0.667. The molecule has 20 heavy (non-hydrogen) atoms. The maximum atomic E-state index is 11.6. The van der Waals surface area contributed by atoms with Gasteiger partial charge in [0.2, 0.25) is 5.76 Å². The minimum atomic E-state index is -0.781. The lowest BCUT2D eigenvalue weighted by Crippen LogP contribution is -2.39. The second-order valence-electron chi connectivity index (χ2n) is 5.70. The fourth-order valence-corrected chi connectivity index (χ4v) is 2.21. The molecule has 0 spiro atoms. The van der Waals surface area contributed by atoms with Crippen LogP contribution < -0.4 is 0 Å².